The summed E-state index contributed by atoms with van der Waals surface area (Å²) in [5, 5.41) is 10.1. The van der Waals surface area contributed by atoms with Crippen molar-refractivity contribution in [2.75, 3.05) is 7.05 Å². The van der Waals surface area contributed by atoms with Crippen molar-refractivity contribution in [3.63, 3.8) is 0 Å². The van der Waals surface area contributed by atoms with Gasteiger partial charge in [0.05, 0.1) is 16.3 Å². The fourth-order valence-electron chi connectivity index (χ4n) is 3.59. The molecule has 0 bridgehead atoms. The first-order valence-electron chi connectivity index (χ1n) is 9.30. The van der Waals surface area contributed by atoms with E-state index in [-0.39, 0.29) is 11.6 Å². The van der Waals surface area contributed by atoms with Gasteiger partial charge < -0.3 is 4.90 Å². The van der Waals surface area contributed by atoms with E-state index in [1.54, 1.807) is 7.05 Å². The van der Waals surface area contributed by atoms with Gasteiger partial charge in [-0.1, -0.05) is 12.1 Å². The molecule has 3 aromatic rings. The number of rotatable bonds is 4. The van der Waals surface area contributed by atoms with Crippen molar-refractivity contribution in [2.45, 2.75) is 38.9 Å². The molecule has 0 radical (unpaired) electrons. The number of nitriles is 1. The second-order valence-corrected chi connectivity index (χ2v) is 8.13. The number of fused-ring (bicyclic) bond motifs is 2. The molecule has 148 valence electrons. The van der Waals surface area contributed by atoms with Gasteiger partial charge in [-0.05, 0) is 31.9 Å². The zero-order valence-corrected chi connectivity index (χ0v) is 16.9. The van der Waals surface area contributed by atoms with Gasteiger partial charge in [0, 0.05) is 19.3 Å². The lowest BCUT2D eigenvalue weighted by molar-refractivity contribution is -0.132. The SMILES string of the molecule is C[C@H](c1nc2ccccc2s1)N(C)C(=O)Cn1c(=O)c(C#N)c2n(c1=O)CCC2. The Morgan fingerprint density at radius 2 is 2.14 bits per heavy atom. The van der Waals surface area contributed by atoms with Gasteiger partial charge in [0.25, 0.3) is 5.56 Å². The van der Waals surface area contributed by atoms with Crippen LogP contribution in [0.25, 0.3) is 10.2 Å². The number of likely N-dealkylation sites (N-methyl/N-ethyl adjacent to an activating group) is 1. The summed E-state index contributed by atoms with van der Waals surface area (Å²) >= 11 is 1.50. The summed E-state index contributed by atoms with van der Waals surface area (Å²) in [5.74, 6) is -0.390. The molecule has 0 spiro atoms. The van der Waals surface area contributed by atoms with E-state index in [1.165, 1.54) is 20.8 Å². The molecular weight excluding hydrogens is 390 g/mol. The van der Waals surface area contributed by atoms with Crippen LogP contribution in [0.5, 0.6) is 0 Å². The summed E-state index contributed by atoms with van der Waals surface area (Å²) in [7, 11) is 1.63. The zero-order chi connectivity index (χ0) is 20.7. The van der Waals surface area contributed by atoms with Crippen LogP contribution in [0.1, 0.15) is 35.7 Å². The number of hydrogen-bond donors (Lipinski definition) is 0. The number of nitrogens with zero attached hydrogens (tertiary/aromatic N) is 5. The van der Waals surface area contributed by atoms with Crippen molar-refractivity contribution in [1.82, 2.24) is 19.0 Å². The van der Waals surface area contributed by atoms with Crippen LogP contribution in [-0.2, 0) is 24.3 Å². The van der Waals surface area contributed by atoms with E-state index >= 15 is 0 Å². The number of carbonyl (C=O) groups is 1. The highest BCUT2D eigenvalue weighted by molar-refractivity contribution is 7.18. The molecule has 0 saturated heterocycles. The number of carbonyl (C=O) groups excluding carboxylic acids is 1. The quantitative estimate of drug-likeness (QED) is 0.652. The fourth-order valence-corrected chi connectivity index (χ4v) is 4.65. The number of hydrogen-bond acceptors (Lipinski definition) is 6. The minimum absolute atomic E-state index is 0.0447. The number of thiazole rings is 1. The molecule has 0 fully saturated rings. The molecule has 0 saturated carbocycles. The molecule has 9 heteroatoms. The van der Waals surface area contributed by atoms with Gasteiger partial charge in [-0.25, -0.2) is 14.3 Å². The number of para-hydroxylation sites is 1. The van der Waals surface area contributed by atoms with Crippen LogP contribution in [0.2, 0.25) is 0 Å². The van der Waals surface area contributed by atoms with Gasteiger partial charge in [0.2, 0.25) is 5.91 Å². The molecule has 3 heterocycles. The highest BCUT2D eigenvalue weighted by Gasteiger charge is 2.26. The van der Waals surface area contributed by atoms with Gasteiger partial charge in [-0.15, -0.1) is 11.3 Å². The third-order valence-corrected chi connectivity index (χ3v) is 6.58. The van der Waals surface area contributed by atoms with Crippen LogP contribution in [0.3, 0.4) is 0 Å². The van der Waals surface area contributed by atoms with Crippen LogP contribution < -0.4 is 11.2 Å². The molecule has 4 rings (SSSR count). The molecule has 1 aliphatic rings. The third-order valence-electron chi connectivity index (χ3n) is 5.38. The Kier molecular flexibility index (Phi) is 4.80. The number of benzene rings is 1. The van der Waals surface area contributed by atoms with Gasteiger partial charge in [-0.2, -0.15) is 5.26 Å². The highest BCUT2D eigenvalue weighted by atomic mass is 32.1. The second-order valence-electron chi connectivity index (χ2n) is 7.06. The van der Waals surface area contributed by atoms with Crippen LogP contribution in [0.4, 0.5) is 0 Å². The first-order chi connectivity index (χ1) is 13.9. The molecule has 29 heavy (non-hydrogen) atoms. The van der Waals surface area contributed by atoms with Gasteiger partial charge in [0.15, 0.2) is 0 Å². The molecule has 0 N–H and O–H groups in total. The molecule has 8 nitrogen and oxygen atoms in total. The molecule has 0 unspecified atom stereocenters. The van der Waals surface area contributed by atoms with Crippen molar-refractivity contribution in [2.24, 2.45) is 0 Å². The second kappa shape index (κ2) is 7.29. The Morgan fingerprint density at radius 3 is 2.86 bits per heavy atom. The fraction of sp³-hybridized carbons (Fsp3) is 0.350. The Bertz CT molecular complexity index is 1250. The van der Waals surface area contributed by atoms with Crippen molar-refractivity contribution in [1.29, 1.82) is 5.26 Å². The summed E-state index contributed by atoms with van der Waals surface area (Å²) in [6.45, 7) is 1.91. The predicted molar refractivity (Wildman–Crippen MR) is 109 cm³/mol. The maximum absolute atomic E-state index is 12.9. The number of aromatic nitrogens is 3. The monoisotopic (exact) mass is 409 g/mol. The molecule has 1 atom stereocenters. The van der Waals surface area contributed by atoms with Crippen LogP contribution >= 0.6 is 11.3 Å². The van der Waals surface area contributed by atoms with Crippen LogP contribution in [0, 0.1) is 11.3 Å². The predicted octanol–water partition coefficient (Wildman–Crippen LogP) is 1.66. The van der Waals surface area contributed by atoms with E-state index in [2.05, 4.69) is 4.98 Å². The largest absolute Gasteiger partial charge is 0.335 e. The lowest BCUT2D eigenvalue weighted by atomic mass is 10.2. The van der Waals surface area contributed by atoms with Crippen molar-refractivity contribution in [3.05, 3.63) is 61.4 Å². The van der Waals surface area contributed by atoms with Crippen molar-refractivity contribution >= 4 is 27.5 Å². The first kappa shape index (κ1) is 19.1. The molecular formula is C20H19N5O3S. The zero-order valence-electron chi connectivity index (χ0n) is 16.1. The van der Waals surface area contributed by atoms with E-state index in [1.807, 2.05) is 37.3 Å². The van der Waals surface area contributed by atoms with Crippen LogP contribution in [-0.4, -0.2) is 32.0 Å². The van der Waals surface area contributed by atoms with Crippen molar-refractivity contribution < 1.29 is 4.79 Å². The van der Waals surface area contributed by atoms with E-state index in [0.717, 1.165) is 19.8 Å². The first-order valence-corrected chi connectivity index (χ1v) is 10.1. The summed E-state index contributed by atoms with van der Waals surface area (Å²) < 4.78 is 3.34. The topological polar surface area (TPSA) is 101 Å². The smallest absolute Gasteiger partial charge is 0.331 e. The van der Waals surface area contributed by atoms with Gasteiger partial charge >= 0.3 is 5.69 Å². The van der Waals surface area contributed by atoms with E-state index in [4.69, 9.17) is 0 Å². The Labute approximate surface area is 170 Å². The Morgan fingerprint density at radius 1 is 1.38 bits per heavy atom. The number of amides is 1. The summed E-state index contributed by atoms with van der Waals surface area (Å²) in [6.07, 6.45) is 1.23. The minimum Gasteiger partial charge on any atom is -0.335 e. The highest BCUT2D eigenvalue weighted by Crippen LogP contribution is 2.28. The molecule has 1 amide bonds. The van der Waals surface area contributed by atoms with E-state index in [9.17, 15) is 19.6 Å². The van der Waals surface area contributed by atoms with Crippen molar-refractivity contribution in [3.8, 4) is 6.07 Å². The minimum atomic E-state index is -0.694. The lowest BCUT2D eigenvalue weighted by Crippen LogP contribution is -2.45. The average Bonchev–Trinajstić information content (AvgIpc) is 3.37. The molecule has 1 aliphatic heterocycles. The summed E-state index contributed by atoms with van der Waals surface area (Å²) in [4.78, 5) is 44.3. The molecule has 2 aromatic heterocycles. The normalized spacial score (nSPS) is 13.8. The standard InChI is InChI=1S/C20H19N5O3S/c1-12(18-22-14-6-3-4-8-16(14)29-18)23(2)17(26)11-25-19(27)13(10-21)15-7-5-9-24(15)20(25)28/h3-4,6,8,12H,5,7,9,11H2,1-2H3/t12-/m1/s1. The average molecular weight is 409 g/mol. The van der Waals surface area contributed by atoms with Gasteiger partial charge in [0.1, 0.15) is 23.2 Å². The summed E-state index contributed by atoms with van der Waals surface area (Å²) in [6, 6.07) is 9.32. The van der Waals surface area contributed by atoms with Gasteiger partial charge in [-0.3, -0.25) is 14.2 Å². The third kappa shape index (κ3) is 3.15. The lowest BCUT2D eigenvalue weighted by Gasteiger charge is -2.23. The molecule has 0 aliphatic carbocycles. The maximum atomic E-state index is 12.9. The Hall–Kier alpha value is -3.25. The van der Waals surface area contributed by atoms with E-state index < -0.39 is 23.7 Å². The molecule has 1 aromatic carbocycles. The maximum Gasteiger partial charge on any atom is 0.331 e. The summed E-state index contributed by atoms with van der Waals surface area (Å²) in [5.41, 5.74) is 0.0713. The van der Waals surface area contributed by atoms with Crippen LogP contribution in [0.15, 0.2) is 33.9 Å². The Balaban J connectivity index is 1.63. The van der Waals surface area contributed by atoms with E-state index in [0.29, 0.717) is 25.1 Å².